The molecular weight excluding hydrogens is 325 g/mol. The van der Waals surface area contributed by atoms with Crippen LogP contribution in [0.3, 0.4) is 0 Å². The van der Waals surface area contributed by atoms with Crippen LogP contribution in [-0.2, 0) is 0 Å². The molecule has 5 heteroatoms. The Hall–Kier alpha value is -2.90. The van der Waals surface area contributed by atoms with Crippen molar-refractivity contribution in [3.63, 3.8) is 0 Å². The standard InChI is InChI=1S/C19H13ClFN3/c1-11-17(14-4-2-3-5-16(14)20)15(10-22)19(23)24-18(11)12-6-8-13(21)9-7-12/h2-9H,1H3,(H2,23,24). The first-order valence-corrected chi connectivity index (χ1v) is 7.61. The van der Waals surface area contributed by atoms with Crippen LogP contribution in [0.2, 0.25) is 5.02 Å². The van der Waals surface area contributed by atoms with Gasteiger partial charge in [-0.2, -0.15) is 5.26 Å². The highest BCUT2D eigenvalue weighted by atomic mass is 35.5. The number of nitrogens with two attached hydrogens (primary N) is 1. The molecule has 118 valence electrons. The molecule has 1 heterocycles. The molecule has 0 unspecified atom stereocenters. The molecule has 0 bridgehead atoms. The molecule has 2 aromatic carbocycles. The van der Waals surface area contributed by atoms with E-state index >= 15 is 0 Å². The number of pyridine rings is 1. The lowest BCUT2D eigenvalue weighted by Crippen LogP contribution is -2.03. The van der Waals surface area contributed by atoms with Gasteiger partial charge in [-0.15, -0.1) is 0 Å². The molecule has 3 nitrogen and oxygen atoms in total. The van der Waals surface area contributed by atoms with Gasteiger partial charge in [0.15, 0.2) is 0 Å². The van der Waals surface area contributed by atoms with E-state index in [1.54, 1.807) is 18.2 Å². The van der Waals surface area contributed by atoms with Gasteiger partial charge >= 0.3 is 0 Å². The monoisotopic (exact) mass is 337 g/mol. The normalized spacial score (nSPS) is 10.4. The van der Waals surface area contributed by atoms with E-state index in [2.05, 4.69) is 11.1 Å². The number of anilines is 1. The maximum Gasteiger partial charge on any atom is 0.142 e. The number of benzene rings is 2. The van der Waals surface area contributed by atoms with E-state index in [9.17, 15) is 9.65 Å². The summed E-state index contributed by atoms with van der Waals surface area (Å²) < 4.78 is 13.2. The maximum atomic E-state index is 13.2. The van der Waals surface area contributed by atoms with Crippen molar-refractivity contribution in [3.05, 3.63) is 70.5 Å². The van der Waals surface area contributed by atoms with Gasteiger partial charge < -0.3 is 5.73 Å². The van der Waals surface area contributed by atoms with E-state index in [1.165, 1.54) is 12.1 Å². The summed E-state index contributed by atoms with van der Waals surface area (Å²) in [5, 5.41) is 10.0. The molecule has 0 fully saturated rings. The molecule has 0 atom stereocenters. The van der Waals surface area contributed by atoms with E-state index in [4.69, 9.17) is 17.3 Å². The average Bonchev–Trinajstić information content (AvgIpc) is 2.58. The number of nitrogens with zero attached hydrogens (tertiary/aromatic N) is 2. The maximum absolute atomic E-state index is 13.2. The molecular formula is C19H13ClFN3. The van der Waals surface area contributed by atoms with Crippen molar-refractivity contribution >= 4 is 17.4 Å². The van der Waals surface area contributed by atoms with E-state index in [0.717, 1.165) is 11.1 Å². The SMILES string of the molecule is Cc1c(-c2ccc(F)cc2)nc(N)c(C#N)c1-c1ccccc1Cl. The van der Waals surface area contributed by atoms with Crippen LogP contribution in [0, 0.1) is 24.1 Å². The van der Waals surface area contributed by atoms with Crippen LogP contribution in [0.15, 0.2) is 48.5 Å². The zero-order valence-electron chi connectivity index (χ0n) is 12.8. The van der Waals surface area contributed by atoms with Crippen LogP contribution in [0.1, 0.15) is 11.1 Å². The van der Waals surface area contributed by atoms with E-state index < -0.39 is 0 Å². The van der Waals surface area contributed by atoms with Crippen molar-refractivity contribution in [2.24, 2.45) is 0 Å². The number of hydrogen-bond acceptors (Lipinski definition) is 3. The molecule has 0 aliphatic carbocycles. The van der Waals surface area contributed by atoms with Crippen LogP contribution >= 0.6 is 11.6 Å². The second-order valence-electron chi connectivity index (χ2n) is 5.32. The van der Waals surface area contributed by atoms with E-state index in [-0.39, 0.29) is 17.2 Å². The Morgan fingerprint density at radius 2 is 1.79 bits per heavy atom. The lowest BCUT2D eigenvalue weighted by Gasteiger charge is -2.16. The van der Waals surface area contributed by atoms with Crippen molar-refractivity contribution in [1.29, 1.82) is 5.26 Å². The molecule has 0 saturated carbocycles. The van der Waals surface area contributed by atoms with Gasteiger partial charge in [0.25, 0.3) is 0 Å². The van der Waals surface area contributed by atoms with Crippen LogP contribution in [0.25, 0.3) is 22.4 Å². The molecule has 0 aliphatic heterocycles. The topological polar surface area (TPSA) is 62.7 Å². The number of halogens is 2. The summed E-state index contributed by atoms with van der Waals surface area (Å²) >= 11 is 6.31. The summed E-state index contributed by atoms with van der Waals surface area (Å²) in [6.07, 6.45) is 0. The van der Waals surface area contributed by atoms with Crippen molar-refractivity contribution < 1.29 is 4.39 Å². The van der Waals surface area contributed by atoms with Crippen molar-refractivity contribution in [1.82, 2.24) is 4.98 Å². The Morgan fingerprint density at radius 3 is 2.42 bits per heavy atom. The predicted octanol–water partition coefficient (Wildman–Crippen LogP) is 4.97. The Kier molecular flexibility index (Phi) is 4.20. The summed E-state index contributed by atoms with van der Waals surface area (Å²) in [5.74, 6) is -0.207. The van der Waals surface area contributed by atoms with Crippen molar-refractivity contribution in [3.8, 4) is 28.5 Å². The Bertz CT molecular complexity index is 960. The van der Waals surface area contributed by atoms with Gasteiger partial charge in [0.2, 0.25) is 0 Å². The third kappa shape index (κ3) is 2.70. The predicted molar refractivity (Wildman–Crippen MR) is 93.9 cm³/mol. The second-order valence-corrected chi connectivity index (χ2v) is 5.73. The van der Waals surface area contributed by atoms with Crippen molar-refractivity contribution in [2.75, 3.05) is 5.73 Å². The first-order valence-electron chi connectivity index (χ1n) is 7.24. The molecule has 3 rings (SSSR count). The Labute approximate surface area is 144 Å². The molecule has 24 heavy (non-hydrogen) atoms. The summed E-state index contributed by atoms with van der Waals surface area (Å²) in [4.78, 5) is 4.35. The number of rotatable bonds is 2. The van der Waals surface area contributed by atoms with Crippen LogP contribution in [0.5, 0.6) is 0 Å². The minimum Gasteiger partial charge on any atom is -0.383 e. The zero-order chi connectivity index (χ0) is 17.3. The quantitative estimate of drug-likeness (QED) is 0.718. The highest BCUT2D eigenvalue weighted by molar-refractivity contribution is 6.33. The Balaban J connectivity index is 2.34. The fourth-order valence-corrected chi connectivity index (χ4v) is 2.93. The average molecular weight is 338 g/mol. The number of nitriles is 1. The Morgan fingerprint density at radius 1 is 1.12 bits per heavy atom. The molecule has 0 amide bonds. The molecule has 2 N–H and O–H groups in total. The fourth-order valence-electron chi connectivity index (χ4n) is 2.70. The van der Waals surface area contributed by atoms with Gasteiger partial charge in [0.05, 0.1) is 5.69 Å². The lowest BCUT2D eigenvalue weighted by atomic mass is 9.93. The van der Waals surface area contributed by atoms with Crippen LogP contribution < -0.4 is 5.73 Å². The number of nitrogen functional groups attached to an aromatic ring is 1. The zero-order valence-corrected chi connectivity index (χ0v) is 13.6. The molecule has 0 aliphatic rings. The third-order valence-corrected chi connectivity index (χ3v) is 4.17. The minimum atomic E-state index is -0.329. The summed E-state index contributed by atoms with van der Waals surface area (Å²) in [7, 11) is 0. The second kappa shape index (κ2) is 6.31. The minimum absolute atomic E-state index is 0.123. The van der Waals surface area contributed by atoms with Crippen LogP contribution in [0.4, 0.5) is 10.2 Å². The van der Waals surface area contributed by atoms with Gasteiger partial charge in [0.1, 0.15) is 23.3 Å². The number of aromatic nitrogens is 1. The summed E-state index contributed by atoms with van der Waals surface area (Å²) in [5.41, 5.74) is 9.73. The summed E-state index contributed by atoms with van der Waals surface area (Å²) in [6.45, 7) is 1.85. The first kappa shape index (κ1) is 16.0. The fraction of sp³-hybridized carbons (Fsp3) is 0.0526. The third-order valence-electron chi connectivity index (χ3n) is 3.84. The van der Waals surface area contributed by atoms with Gasteiger partial charge in [-0.25, -0.2) is 9.37 Å². The summed E-state index contributed by atoms with van der Waals surface area (Å²) in [6, 6.07) is 15.3. The van der Waals surface area contributed by atoms with Gasteiger partial charge in [-0.3, -0.25) is 0 Å². The van der Waals surface area contributed by atoms with E-state index in [0.29, 0.717) is 21.8 Å². The first-order chi connectivity index (χ1) is 11.5. The van der Waals surface area contributed by atoms with Gasteiger partial charge in [-0.1, -0.05) is 29.8 Å². The number of hydrogen-bond donors (Lipinski definition) is 1. The molecule has 0 saturated heterocycles. The molecule has 0 spiro atoms. The van der Waals surface area contributed by atoms with Gasteiger partial charge in [0, 0.05) is 21.7 Å². The highest BCUT2D eigenvalue weighted by Crippen LogP contribution is 2.38. The highest BCUT2D eigenvalue weighted by Gasteiger charge is 2.19. The molecule has 0 radical (unpaired) electrons. The smallest absolute Gasteiger partial charge is 0.142 e. The van der Waals surface area contributed by atoms with Crippen LogP contribution in [-0.4, -0.2) is 4.98 Å². The van der Waals surface area contributed by atoms with Gasteiger partial charge in [-0.05, 0) is 42.8 Å². The van der Waals surface area contributed by atoms with E-state index in [1.807, 2.05) is 25.1 Å². The molecule has 1 aromatic heterocycles. The molecule has 3 aromatic rings. The lowest BCUT2D eigenvalue weighted by molar-refractivity contribution is 0.628. The van der Waals surface area contributed by atoms with Crippen molar-refractivity contribution in [2.45, 2.75) is 6.92 Å². The largest absolute Gasteiger partial charge is 0.383 e.